The van der Waals surface area contributed by atoms with Gasteiger partial charge in [-0.3, -0.25) is 0 Å². The maximum atomic E-state index is 5.87. The fraction of sp³-hybridized carbons (Fsp3) is 0.385. The van der Waals surface area contributed by atoms with Crippen molar-refractivity contribution in [1.82, 2.24) is 10.1 Å². The summed E-state index contributed by atoms with van der Waals surface area (Å²) >= 11 is 1.81. The molecule has 1 heterocycles. The predicted molar refractivity (Wildman–Crippen MR) is 75.3 cm³/mol. The van der Waals surface area contributed by atoms with Gasteiger partial charge in [0.05, 0.1) is 5.75 Å². The number of rotatable bonds is 5. The van der Waals surface area contributed by atoms with Crippen LogP contribution in [0.5, 0.6) is 0 Å². The zero-order valence-electron chi connectivity index (χ0n) is 10.6. The lowest BCUT2D eigenvalue weighted by Gasteiger charge is -2.00. The lowest BCUT2D eigenvalue weighted by atomic mass is 10.1. The van der Waals surface area contributed by atoms with E-state index in [1.165, 1.54) is 0 Å². The van der Waals surface area contributed by atoms with Crippen molar-refractivity contribution in [2.75, 3.05) is 11.5 Å². The first kappa shape index (κ1) is 13.0. The lowest BCUT2D eigenvalue weighted by molar-refractivity contribution is 0.425. The minimum atomic E-state index is 0.536. The molecule has 2 rings (SSSR count). The smallest absolute Gasteiger partial charge is 0.258 e. The van der Waals surface area contributed by atoms with Crippen LogP contribution in [0.1, 0.15) is 24.7 Å². The molecular weight excluding hydrogens is 246 g/mol. The van der Waals surface area contributed by atoms with Gasteiger partial charge in [-0.2, -0.15) is 16.7 Å². The van der Waals surface area contributed by atoms with Crippen LogP contribution in [0.2, 0.25) is 0 Å². The zero-order valence-corrected chi connectivity index (χ0v) is 11.5. The van der Waals surface area contributed by atoms with Gasteiger partial charge in [0, 0.05) is 11.3 Å². The summed E-state index contributed by atoms with van der Waals surface area (Å²) in [5.41, 5.74) is 8.54. The van der Waals surface area contributed by atoms with E-state index in [9.17, 15) is 0 Å². The average Bonchev–Trinajstić information content (AvgIpc) is 2.82. The van der Waals surface area contributed by atoms with Crippen molar-refractivity contribution >= 4 is 17.4 Å². The van der Waals surface area contributed by atoms with E-state index < -0.39 is 0 Å². The number of anilines is 1. The van der Waals surface area contributed by atoms with Crippen molar-refractivity contribution in [3.8, 4) is 11.5 Å². The number of hydrogen-bond acceptors (Lipinski definition) is 5. The van der Waals surface area contributed by atoms with E-state index in [1.807, 2.05) is 36.9 Å². The number of nitrogens with zero attached hydrogens (tertiary/aromatic N) is 2. The van der Waals surface area contributed by atoms with E-state index in [1.54, 1.807) is 0 Å². The van der Waals surface area contributed by atoms with Gasteiger partial charge in [0.2, 0.25) is 0 Å². The van der Waals surface area contributed by atoms with Crippen LogP contribution in [0.15, 0.2) is 22.7 Å². The molecule has 0 radical (unpaired) electrons. The largest absolute Gasteiger partial charge is 0.398 e. The van der Waals surface area contributed by atoms with Crippen LogP contribution in [0.25, 0.3) is 11.5 Å². The number of nitrogens with two attached hydrogens (primary N) is 1. The SMILES string of the molecule is CCCSCc1noc(-c2ccc(C)c(N)c2)n1. The summed E-state index contributed by atoms with van der Waals surface area (Å²) in [5.74, 6) is 3.18. The molecule has 1 aromatic carbocycles. The molecule has 0 aliphatic rings. The normalized spacial score (nSPS) is 10.8. The highest BCUT2D eigenvalue weighted by Crippen LogP contribution is 2.23. The maximum Gasteiger partial charge on any atom is 0.258 e. The number of aryl methyl sites for hydroxylation is 1. The van der Waals surface area contributed by atoms with Crippen LogP contribution in [0, 0.1) is 6.92 Å². The van der Waals surface area contributed by atoms with Gasteiger partial charge >= 0.3 is 0 Å². The van der Waals surface area contributed by atoms with Gasteiger partial charge in [-0.25, -0.2) is 0 Å². The van der Waals surface area contributed by atoms with Crippen LogP contribution in [-0.4, -0.2) is 15.9 Å². The molecular formula is C13H17N3OS. The highest BCUT2D eigenvalue weighted by Gasteiger charge is 2.09. The molecule has 0 atom stereocenters. The Hall–Kier alpha value is -1.49. The fourth-order valence-corrected chi connectivity index (χ4v) is 2.24. The van der Waals surface area contributed by atoms with Gasteiger partial charge in [-0.1, -0.05) is 18.1 Å². The van der Waals surface area contributed by atoms with Crippen molar-refractivity contribution in [2.45, 2.75) is 26.0 Å². The number of hydrogen-bond donors (Lipinski definition) is 1. The molecule has 5 heteroatoms. The van der Waals surface area contributed by atoms with E-state index in [0.717, 1.165) is 40.6 Å². The minimum Gasteiger partial charge on any atom is -0.398 e. The molecule has 96 valence electrons. The molecule has 0 unspecified atom stereocenters. The van der Waals surface area contributed by atoms with E-state index in [0.29, 0.717) is 5.89 Å². The first-order valence-corrected chi connectivity index (χ1v) is 7.13. The second-order valence-corrected chi connectivity index (χ2v) is 5.24. The molecule has 0 saturated heterocycles. The van der Waals surface area contributed by atoms with Crippen molar-refractivity contribution in [2.24, 2.45) is 0 Å². The molecule has 1 aromatic heterocycles. The van der Waals surface area contributed by atoms with Crippen molar-refractivity contribution in [3.05, 3.63) is 29.6 Å². The molecule has 0 bridgehead atoms. The molecule has 2 N–H and O–H groups in total. The van der Waals surface area contributed by atoms with Crippen LogP contribution in [0.3, 0.4) is 0 Å². The third-order valence-electron chi connectivity index (χ3n) is 2.57. The summed E-state index contributed by atoms with van der Waals surface area (Å²) in [6.07, 6.45) is 1.16. The molecule has 2 aromatic rings. The maximum absolute atomic E-state index is 5.87. The Labute approximate surface area is 111 Å². The van der Waals surface area contributed by atoms with Crippen molar-refractivity contribution < 1.29 is 4.52 Å². The molecule has 18 heavy (non-hydrogen) atoms. The molecule has 0 aliphatic carbocycles. The topological polar surface area (TPSA) is 64.9 Å². The quantitative estimate of drug-likeness (QED) is 0.662. The standard InChI is InChI=1S/C13H17N3OS/c1-3-6-18-8-12-15-13(17-16-12)10-5-4-9(2)11(14)7-10/h4-5,7H,3,6,8,14H2,1-2H3. The second kappa shape index (κ2) is 5.91. The Balaban J connectivity index is 2.11. The van der Waals surface area contributed by atoms with Gasteiger partial charge in [0.25, 0.3) is 5.89 Å². The van der Waals surface area contributed by atoms with E-state index in [4.69, 9.17) is 10.3 Å². The molecule has 4 nitrogen and oxygen atoms in total. The van der Waals surface area contributed by atoms with Crippen LogP contribution < -0.4 is 5.73 Å². The Morgan fingerprint density at radius 3 is 2.94 bits per heavy atom. The lowest BCUT2D eigenvalue weighted by Crippen LogP contribution is -1.90. The Kier molecular flexibility index (Phi) is 4.25. The van der Waals surface area contributed by atoms with Crippen LogP contribution in [0.4, 0.5) is 5.69 Å². The fourth-order valence-electron chi connectivity index (χ4n) is 1.51. The summed E-state index contributed by atoms with van der Waals surface area (Å²) in [5, 5.41) is 3.97. The molecule has 0 spiro atoms. The van der Waals surface area contributed by atoms with Gasteiger partial charge in [0.1, 0.15) is 0 Å². The van der Waals surface area contributed by atoms with Gasteiger partial charge in [-0.15, -0.1) is 0 Å². The Bertz CT molecular complexity index is 525. The first-order valence-electron chi connectivity index (χ1n) is 5.97. The van der Waals surface area contributed by atoms with Crippen molar-refractivity contribution in [1.29, 1.82) is 0 Å². The monoisotopic (exact) mass is 263 g/mol. The summed E-state index contributed by atoms with van der Waals surface area (Å²) in [7, 11) is 0. The summed E-state index contributed by atoms with van der Waals surface area (Å²) in [4.78, 5) is 4.37. The number of benzene rings is 1. The molecule has 0 saturated carbocycles. The third-order valence-corrected chi connectivity index (χ3v) is 3.73. The number of nitrogen functional groups attached to an aromatic ring is 1. The summed E-state index contributed by atoms with van der Waals surface area (Å²) < 4.78 is 5.25. The number of aromatic nitrogens is 2. The summed E-state index contributed by atoms with van der Waals surface area (Å²) in [6, 6.07) is 5.77. The molecule has 0 aliphatic heterocycles. The molecule has 0 amide bonds. The van der Waals surface area contributed by atoms with E-state index >= 15 is 0 Å². The van der Waals surface area contributed by atoms with Crippen molar-refractivity contribution in [3.63, 3.8) is 0 Å². The van der Waals surface area contributed by atoms with E-state index in [-0.39, 0.29) is 0 Å². The predicted octanol–water partition coefficient (Wildman–Crippen LogP) is 3.27. The van der Waals surface area contributed by atoms with Gasteiger partial charge < -0.3 is 10.3 Å². The van der Waals surface area contributed by atoms with E-state index in [2.05, 4.69) is 17.1 Å². The minimum absolute atomic E-state index is 0.536. The first-order chi connectivity index (χ1) is 8.70. The number of thioether (sulfide) groups is 1. The molecule has 0 fully saturated rings. The highest BCUT2D eigenvalue weighted by atomic mass is 32.2. The third kappa shape index (κ3) is 3.04. The van der Waals surface area contributed by atoms with Gasteiger partial charge in [0.15, 0.2) is 5.82 Å². The second-order valence-electron chi connectivity index (χ2n) is 4.14. The average molecular weight is 263 g/mol. The summed E-state index contributed by atoms with van der Waals surface area (Å²) in [6.45, 7) is 4.13. The zero-order chi connectivity index (χ0) is 13.0. The highest BCUT2D eigenvalue weighted by molar-refractivity contribution is 7.98. The van der Waals surface area contributed by atoms with Gasteiger partial charge in [-0.05, 0) is 36.8 Å². The van der Waals surface area contributed by atoms with Crippen LogP contribution in [-0.2, 0) is 5.75 Å². The Morgan fingerprint density at radius 2 is 2.22 bits per heavy atom. The van der Waals surface area contributed by atoms with Crippen LogP contribution >= 0.6 is 11.8 Å². The Morgan fingerprint density at radius 1 is 1.39 bits per heavy atom.